The van der Waals surface area contributed by atoms with E-state index in [2.05, 4.69) is 39.9 Å². The van der Waals surface area contributed by atoms with Gasteiger partial charge in [0.05, 0.1) is 11.5 Å². The zero-order valence-electron chi connectivity index (χ0n) is 16.8. The zero-order chi connectivity index (χ0) is 19.9. The molecule has 1 fully saturated rings. The molecule has 5 nitrogen and oxygen atoms in total. The summed E-state index contributed by atoms with van der Waals surface area (Å²) >= 11 is 0. The van der Waals surface area contributed by atoms with Gasteiger partial charge >= 0.3 is 0 Å². The summed E-state index contributed by atoms with van der Waals surface area (Å²) in [5.74, 6) is 0.989. The van der Waals surface area contributed by atoms with Gasteiger partial charge in [-0.3, -0.25) is 4.99 Å². The lowest BCUT2D eigenvalue weighted by Crippen LogP contribution is -2.41. The highest BCUT2D eigenvalue weighted by atomic mass is 127. The number of rotatable bonds is 9. The van der Waals surface area contributed by atoms with E-state index in [1.807, 2.05) is 36.4 Å². The number of hydrogen-bond acceptors (Lipinski definition) is 3. The lowest BCUT2D eigenvalue weighted by molar-refractivity contribution is 0.591. The van der Waals surface area contributed by atoms with Crippen LogP contribution in [0.2, 0.25) is 0 Å². The second kappa shape index (κ2) is 11.0. The Morgan fingerprint density at radius 2 is 1.62 bits per heavy atom. The molecule has 2 aromatic rings. The molecule has 7 heteroatoms. The molecule has 3 rings (SSSR count). The number of benzene rings is 2. The van der Waals surface area contributed by atoms with Gasteiger partial charge in [-0.1, -0.05) is 60.7 Å². The third-order valence-electron chi connectivity index (χ3n) is 5.21. The van der Waals surface area contributed by atoms with E-state index in [9.17, 15) is 8.42 Å². The number of hydrogen-bond donors (Lipinski definition) is 2. The van der Waals surface area contributed by atoms with E-state index in [0.29, 0.717) is 13.0 Å². The summed E-state index contributed by atoms with van der Waals surface area (Å²) in [6.07, 6.45) is 2.91. The van der Waals surface area contributed by atoms with Crippen molar-refractivity contribution in [3.8, 4) is 0 Å². The minimum absolute atomic E-state index is 0. The van der Waals surface area contributed by atoms with Crippen molar-refractivity contribution < 1.29 is 8.42 Å². The summed E-state index contributed by atoms with van der Waals surface area (Å²) in [4.78, 5) is 4.26. The van der Waals surface area contributed by atoms with Crippen LogP contribution in [0.1, 0.15) is 30.4 Å². The van der Waals surface area contributed by atoms with Crippen LogP contribution in [0.3, 0.4) is 0 Å². The van der Waals surface area contributed by atoms with Crippen molar-refractivity contribution in [2.24, 2.45) is 4.99 Å². The molecule has 0 aromatic heterocycles. The molecule has 2 aromatic carbocycles. The van der Waals surface area contributed by atoms with Gasteiger partial charge < -0.3 is 10.6 Å². The highest BCUT2D eigenvalue weighted by Crippen LogP contribution is 2.47. The van der Waals surface area contributed by atoms with Crippen LogP contribution in [-0.2, 0) is 21.0 Å². The van der Waals surface area contributed by atoms with E-state index < -0.39 is 9.84 Å². The highest BCUT2D eigenvalue weighted by Gasteiger charge is 2.43. The maximum atomic E-state index is 12.3. The van der Waals surface area contributed by atoms with Crippen molar-refractivity contribution in [2.45, 2.75) is 30.4 Å². The predicted octanol–water partition coefficient (Wildman–Crippen LogP) is 3.51. The molecule has 0 aliphatic heterocycles. The van der Waals surface area contributed by atoms with E-state index >= 15 is 0 Å². The fourth-order valence-corrected chi connectivity index (χ4v) is 4.81. The van der Waals surface area contributed by atoms with Crippen LogP contribution < -0.4 is 10.6 Å². The van der Waals surface area contributed by atoms with Gasteiger partial charge in [-0.05, 0) is 30.4 Å². The highest BCUT2D eigenvalue weighted by molar-refractivity contribution is 14.0. The van der Waals surface area contributed by atoms with Gasteiger partial charge in [0.25, 0.3) is 0 Å². The summed E-state index contributed by atoms with van der Waals surface area (Å²) in [5, 5.41) is 6.63. The fourth-order valence-electron chi connectivity index (χ4n) is 3.38. The zero-order valence-corrected chi connectivity index (χ0v) is 20.0. The molecule has 0 amide bonds. The molecule has 1 aliphatic rings. The van der Waals surface area contributed by atoms with Crippen molar-refractivity contribution in [3.05, 3.63) is 71.8 Å². The lowest BCUT2D eigenvalue weighted by atomic mass is 9.96. The van der Waals surface area contributed by atoms with Gasteiger partial charge in [0.2, 0.25) is 0 Å². The molecule has 0 heterocycles. The van der Waals surface area contributed by atoms with Crippen molar-refractivity contribution in [2.75, 3.05) is 25.9 Å². The molecule has 1 aliphatic carbocycles. The second-order valence-corrected chi connectivity index (χ2v) is 9.61. The topological polar surface area (TPSA) is 70.6 Å². The van der Waals surface area contributed by atoms with Gasteiger partial charge in [0.1, 0.15) is 0 Å². The Morgan fingerprint density at radius 1 is 1.00 bits per heavy atom. The Hall–Kier alpha value is -1.61. The molecule has 0 bridgehead atoms. The van der Waals surface area contributed by atoms with Crippen molar-refractivity contribution in [1.29, 1.82) is 0 Å². The first-order valence-corrected chi connectivity index (χ1v) is 11.6. The van der Waals surface area contributed by atoms with E-state index in [1.54, 1.807) is 7.05 Å². The predicted molar refractivity (Wildman–Crippen MR) is 131 cm³/mol. The molecule has 1 saturated carbocycles. The van der Waals surface area contributed by atoms with Crippen LogP contribution in [0.15, 0.2) is 65.7 Å². The number of nitrogens with zero attached hydrogens (tertiary/aromatic N) is 1. The monoisotopic (exact) mass is 527 g/mol. The summed E-state index contributed by atoms with van der Waals surface area (Å²) in [6, 6.07) is 19.9. The van der Waals surface area contributed by atoms with Crippen LogP contribution in [-0.4, -0.2) is 40.3 Å². The van der Waals surface area contributed by atoms with E-state index in [4.69, 9.17) is 0 Å². The van der Waals surface area contributed by atoms with Gasteiger partial charge in [-0.15, -0.1) is 24.0 Å². The minimum atomic E-state index is -3.10. The van der Waals surface area contributed by atoms with Crippen LogP contribution in [0.25, 0.3) is 0 Å². The Bertz CT molecular complexity index is 883. The summed E-state index contributed by atoms with van der Waals surface area (Å²) in [5.41, 5.74) is 2.41. The average molecular weight is 527 g/mol. The molecule has 0 unspecified atom stereocenters. The number of nitrogens with one attached hydrogen (secondary N) is 2. The smallest absolute Gasteiger partial charge is 0.191 e. The maximum Gasteiger partial charge on any atom is 0.191 e. The van der Waals surface area contributed by atoms with Crippen molar-refractivity contribution >= 4 is 39.8 Å². The number of sulfone groups is 1. The number of aliphatic imine (C=N–C) groups is 1. The van der Waals surface area contributed by atoms with Crippen molar-refractivity contribution in [1.82, 2.24) is 10.6 Å². The molecular formula is C22H30IN3O2S. The van der Waals surface area contributed by atoms with Gasteiger partial charge in [-0.25, -0.2) is 8.42 Å². The van der Waals surface area contributed by atoms with Crippen LogP contribution in [0.5, 0.6) is 0 Å². The lowest BCUT2D eigenvalue weighted by Gasteiger charge is -2.19. The van der Waals surface area contributed by atoms with E-state index in [1.165, 1.54) is 18.4 Å². The fraction of sp³-hybridized carbons (Fsp3) is 0.409. The van der Waals surface area contributed by atoms with E-state index in [-0.39, 0.29) is 40.9 Å². The molecule has 0 atom stereocenters. The van der Waals surface area contributed by atoms with Gasteiger partial charge in [0, 0.05) is 25.6 Å². The van der Waals surface area contributed by atoms with Gasteiger partial charge in [-0.2, -0.15) is 0 Å². The average Bonchev–Trinajstić information content (AvgIpc) is 3.50. The molecule has 29 heavy (non-hydrogen) atoms. The number of halogens is 1. The molecular weight excluding hydrogens is 497 g/mol. The molecule has 0 radical (unpaired) electrons. The number of guanidine groups is 1. The van der Waals surface area contributed by atoms with Crippen LogP contribution >= 0.6 is 24.0 Å². The summed E-state index contributed by atoms with van der Waals surface area (Å²) in [6.45, 7) is 1.41. The third kappa shape index (κ3) is 7.29. The quantitative estimate of drug-likeness (QED) is 0.227. The third-order valence-corrected chi connectivity index (χ3v) is 6.90. The molecule has 2 N–H and O–H groups in total. The Balaban J connectivity index is 0.00000300. The first-order chi connectivity index (χ1) is 13.5. The largest absolute Gasteiger partial charge is 0.356 e. The Labute approximate surface area is 191 Å². The van der Waals surface area contributed by atoms with Gasteiger partial charge in [0.15, 0.2) is 15.8 Å². The second-order valence-electron chi connectivity index (χ2n) is 7.43. The first kappa shape index (κ1) is 23.7. The van der Waals surface area contributed by atoms with E-state index in [0.717, 1.165) is 18.1 Å². The summed E-state index contributed by atoms with van der Waals surface area (Å²) < 4.78 is 24.5. The Kier molecular flexibility index (Phi) is 8.95. The Morgan fingerprint density at radius 3 is 2.21 bits per heavy atom. The standard InChI is InChI=1S/C22H29N3O2S.HI/c1-23-21(25-18-22(13-14-22)20-11-6-3-7-12-20)24-15-8-16-28(26,27)17-19-9-4-2-5-10-19;/h2-7,9-12H,8,13-18H2,1H3,(H2,23,24,25);1H. The molecule has 0 saturated heterocycles. The maximum absolute atomic E-state index is 12.3. The van der Waals surface area contributed by atoms with Crippen LogP contribution in [0, 0.1) is 0 Å². The molecule has 0 spiro atoms. The summed E-state index contributed by atoms with van der Waals surface area (Å²) in [7, 11) is -1.36. The minimum Gasteiger partial charge on any atom is -0.356 e. The normalized spacial score (nSPS) is 15.3. The van der Waals surface area contributed by atoms with Crippen LogP contribution in [0.4, 0.5) is 0 Å². The SMILES string of the molecule is CN=C(NCCCS(=O)(=O)Cc1ccccc1)NCC1(c2ccccc2)CC1.I. The molecule has 158 valence electrons. The first-order valence-electron chi connectivity index (χ1n) is 9.77. The van der Waals surface area contributed by atoms with Crippen molar-refractivity contribution in [3.63, 3.8) is 0 Å².